The molecule has 0 radical (unpaired) electrons. The van der Waals surface area contributed by atoms with E-state index in [9.17, 15) is 4.79 Å². The van der Waals surface area contributed by atoms with Crippen LogP contribution in [0, 0.1) is 6.92 Å². The molecule has 0 amide bonds. The molecule has 2 aromatic heterocycles. The van der Waals surface area contributed by atoms with Crippen molar-refractivity contribution in [3.05, 3.63) is 29.5 Å². The molecule has 2 rings (SSSR count). The van der Waals surface area contributed by atoms with Crippen molar-refractivity contribution < 1.29 is 9.53 Å². The minimum Gasteiger partial charge on any atom is -0.461 e. The average Bonchev–Trinajstić information content (AvgIpc) is 2.80. The SMILES string of the molecule is CCOC(=O)c1nn(-c2cc(C)nc(C(C)C)n2)cc1N. The van der Waals surface area contributed by atoms with E-state index in [2.05, 4.69) is 15.1 Å². The molecule has 112 valence electrons. The Balaban J connectivity index is 2.43. The van der Waals surface area contributed by atoms with E-state index in [1.54, 1.807) is 19.2 Å². The van der Waals surface area contributed by atoms with Gasteiger partial charge < -0.3 is 10.5 Å². The standard InChI is InChI=1S/C14H19N5O2/c1-5-21-14(20)12-10(15)7-19(18-12)11-6-9(4)16-13(17-11)8(2)3/h6-8H,5,15H2,1-4H3. The van der Waals surface area contributed by atoms with E-state index in [0.29, 0.717) is 5.82 Å². The Morgan fingerprint density at radius 3 is 2.76 bits per heavy atom. The van der Waals surface area contributed by atoms with Gasteiger partial charge in [0.2, 0.25) is 0 Å². The topological polar surface area (TPSA) is 95.9 Å². The number of nitrogen functional groups attached to an aromatic ring is 1. The molecule has 0 aliphatic heterocycles. The fourth-order valence-corrected chi connectivity index (χ4v) is 1.81. The Kier molecular flexibility index (Phi) is 4.21. The van der Waals surface area contributed by atoms with Crippen molar-refractivity contribution in [2.75, 3.05) is 12.3 Å². The number of hydrogen-bond acceptors (Lipinski definition) is 6. The van der Waals surface area contributed by atoms with Gasteiger partial charge in [0.25, 0.3) is 0 Å². The molecule has 2 N–H and O–H groups in total. The lowest BCUT2D eigenvalue weighted by molar-refractivity contribution is 0.0520. The Morgan fingerprint density at radius 2 is 2.14 bits per heavy atom. The molecule has 0 fully saturated rings. The summed E-state index contributed by atoms with van der Waals surface area (Å²) in [6, 6.07) is 1.78. The third-order valence-electron chi connectivity index (χ3n) is 2.82. The smallest absolute Gasteiger partial charge is 0.361 e. The van der Waals surface area contributed by atoms with E-state index < -0.39 is 5.97 Å². The van der Waals surface area contributed by atoms with Crippen molar-refractivity contribution in [1.29, 1.82) is 0 Å². The number of nitrogens with two attached hydrogens (primary N) is 1. The summed E-state index contributed by atoms with van der Waals surface area (Å²) in [5.74, 6) is 0.954. The van der Waals surface area contributed by atoms with Crippen LogP contribution < -0.4 is 5.73 Å². The second kappa shape index (κ2) is 5.90. The van der Waals surface area contributed by atoms with Crippen molar-refractivity contribution in [3.63, 3.8) is 0 Å². The van der Waals surface area contributed by atoms with Gasteiger partial charge in [-0.2, -0.15) is 5.10 Å². The molecule has 0 aliphatic rings. The number of nitrogens with zero attached hydrogens (tertiary/aromatic N) is 4. The predicted octanol–water partition coefficient (Wildman–Crippen LogP) is 1.85. The summed E-state index contributed by atoms with van der Waals surface area (Å²) < 4.78 is 6.39. The van der Waals surface area contributed by atoms with Crippen LogP contribution in [0.15, 0.2) is 12.3 Å². The van der Waals surface area contributed by atoms with Crippen LogP contribution in [0.5, 0.6) is 0 Å². The summed E-state index contributed by atoms with van der Waals surface area (Å²) in [6.07, 6.45) is 1.55. The summed E-state index contributed by atoms with van der Waals surface area (Å²) in [5, 5.41) is 4.17. The van der Waals surface area contributed by atoms with E-state index in [1.807, 2.05) is 20.8 Å². The molecule has 0 spiro atoms. The largest absolute Gasteiger partial charge is 0.461 e. The highest BCUT2D eigenvalue weighted by molar-refractivity contribution is 5.92. The van der Waals surface area contributed by atoms with Crippen molar-refractivity contribution in [1.82, 2.24) is 19.7 Å². The zero-order valence-corrected chi connectivity index (χ0v) is 12.6. The maximum absolute atomic E-state index is 11.7. The van der Waals surface area contributed by atoms with Gasteiger partial charge in [-0.3, -0.25) is 0 Å². The van der Waals surface area contributed by atoms with Crippen LogP contribution in [0.4, 0.5) is 5.69 Å². The van der Waals surface area contributed by atoms with Crippen LogP contribution in [0.3, 0.4) is 0 Å². The van der Waals surface area contributed by atoms with Gasteiger partial charge in [-0.15, -0.1) is 0 Å². The molecule has 7 nitrogen and oxygen atoms in total. The molecule has 0 aliphatic carbocycles. The number of carbonyl (C=O) groups excluding carboxylic acids is 1. The van der Waals surface area contributed by atoms with Crippen molar-refractivity contribution >= 4 is 11.7 Å². The number of hydrogen-bond donors (Lipinski definition) is 1. The van der Waals surface area contributed by atoms with Crippen LogP contribution in [0.2, 0.25) is 0 Å². The lowest BCUT2D eigenvalue weighted by Crippen LogP contribution is -2.10. The third kappa shape index (κ3) is 3.18. The monoisotopic (exact) mass is 289 g/mol. The zero-order chi connectivity index (χ0) is 15.6. The van der Waals surface area contributed by atoms with Crippen LogP contribution in [0.1, 0.15) is 48.7 Å². The molecular formula is C14H19N5O2. The highest BCUT2D eigenvalue weighted by Gasteiger charge is 2.17. The Bertz CT molecular complexity index is 663. The Morgan fingerprint density at radius 1 is 1.43 bits per heavy atom. The molecule has 7 heteroatoms. The third-order valence-corrected chi connectivity index (χ3v) is 2.82. The van der Waals surface area contributed by atoms with Gasteiger partial charge in [-0.05, 0) is 13.8 Å². The molecule has 0 saturated heterocycles. The first-order valence-corrected chi connectivity index (χ1v) is 6.80. The van der Waals surface area contributed by atoms with E-state index in [4.69, 9.17) is 10.5 Å². The molecule has 0 bridgehead atoms. The molecule has 2 aromatic rings. The minimum absolute atomic E-state index is 0.0965. The molecule has 0 aromatic carbocycles. The van der Waals surface area contributed by atoms with Crippen molar-refractivity contribution in [3.8, 4) is 5.82 Å². The number of rotatable bonds is 4. The molecular weight excluding hydrogens is 270 g/mol. The molecule has 2 heterocycles. The predicted molar refractivity (Wildman–Crippen MR) is 78.3 cm³/mol. The van der Waals surface area contributed by atoms with Gasteiger partial charge in [-0.25, -0.2) is 19.4 Å². The maximum Gasteiger partial charge on any atom is 0.361 e. The fourth-order valence-electron chi connectivity index (χ4n) is 1.81. The number of aryl methyl sites for hydroxylation is 1. The fraction of sp³-hybridized carbons (Fsp3) is 0.429. The first-order chi connectivity index (χ1) is 9.92. The molecule has 0 unspecified atom stereocenters. The quantitative estimate of drug-likeness (QED) is 0.863. The highest BCUT2D eigenvalue weighted by atomic mass is 16.5. The number of aromatic nitrogens is 4. The molecule has 21 heavy (non-hydrogen) atoms. The highest BCUT2D eigenvalue weighted by Crippen LogP contribution is 2.17. The Labute approximate surface area is 123 Å². The van der Waals surface area contributed by atoms with Crippen molar-refractivity contribution in [2.24, 2.45) is 0 Å². The normalized spacial score (nSPS) is 10.9. The van der Waals surface area contributed by atoms with Gasteiger partial charge in [0, 0.05) is 17.7 Å². The maximum atomic E-state index is 11.7. The minimum atomic E-state index is -0.538. The van der Waals surface area contributed by atoms with Crippen LogP contribution >= 0.6 is 0 Å². The number of anilines is 1. The second-order valence-corrected chi connectivity index (χ2v) is 4.98. The van der Waals surface area contributed by atoms with Gasteiger partial charge >= 0.3 is 5.97 Å². The zero-order valence-electron chi connectivity index (χ0n) is 12.6. The first-order valence-electron chi connectivity index (χ1n) is 6.80. The van der Waals surface area contributed by atoms with E-state index >= 15 is 0 Å². The van der Waals surface area contributed by atoms with Crippen LogP contribution in [-0.2, 0) is 4.74 Å². The Hall–Kier alpha value is -2.44. The summed E-state index contributed by atoms with van der Waals surface area (Å²) in [7, 11) is 0. The first kappa shape index (κ1) is 15.0. The van der Waals surface area contributed by atoms with Gasteiger partial charge in [-0.1, -0.05) is 13.8 Å². The number of ether oxygens (including phenoxy) is 1. The second-order valence-electron chi connectivity index (χ2n) is 4.98. The average molecular weight is 289 g/mol. The van der Waals surface area contributed by atoms with Crippen molar-refractivity contribution in [2.45, 2.75) is 33.6 Å². The summed E-state index contributed by atoms with van der Waals surface area (Å²) in [5.41, 5.74) is 7.00. The summed E-state index contributed by atoms with van der Waals surface area (Å²) in [4.78, 5) is 20.6. The number of esters is 1. The van der Waals surface area contributed by atoms with Gasteiger partial charge in [0.1, 0.15) is 5.82 Å². The van der Waals surface area contributed by atoms with Gasteiger partial charge in [0.05, 0.1) is 18.5 Å². The molecule has 0 atom stereocenters. The van der Waals surface area contributed by atoms with Crippen LogP contribution in [0.25, 0.3) is 5.82 Å². The summed E-state index contributed by atoms with van der Waals surface area (Å²) in [6.45, 7) is 7.92. The van der Waals surface area contributed by atoms with Gasteiger partial charge in [0.15, 0.2) is 11.5 Å². The van der Waals surface area contributed by atoms with E-state index in [0.717, 1.165) is 11.5 Å². The molecule has 0 saturated carbocycles. The lowest BCUT2D eigenvalue weighted by Gasteiger charge is -2.08. The van der Waals surface area contributed by atoms with Crippen LogP contribution in [-0.4, -0.2) is 32.3 Å². The lowest BCUT2D eigenvalue weighted by atomic mass is 10.2. The van der Waals surface area contributed by atoms with E-state index in [-0.39, 0.29) is 23.9 Å². The summed E-state index contributed by atoms with van der Waals surface area (Å²) >= 11 is 0. The van der Waals surface area contributed by atoms with E-state index in [1.165, 1.54) is 4.68 Å². The number of carbonyl (C=O) groups is 1.